The quantitative estimate of drug-likeness (QED) is 0.169. The smallest absolute Gasteiger partial charge is 0.0554 e. The van der Waals surface area contributed by atoms with E-state index in [2.05, 4.69) is 205 Å². The summed E-state index contributed by atoms with van der Waals surface area (Å²) in [5, 5.41) is 7.61. The third kappa shape index (κ3) is 5.42. The molecule has 9 aromatic carbocycles. The maximum Gasteiger partial charge on any atom is 0.0554 e. The van der Waals surface area contributed by atoms with Crippen LogP contribution >= 0.6 is 11.3 Å². The number of nitrogens with zero attached hydrogens (tertiary/aromatic N) is 1. The minimum Gasteiger partial charge on any atom is -0.310 e. The van der Waals surface area contributed by atoms with Crippen LogP contribution in [0.25, 0.3) is 75.1 Å². The van der Waals surface area contributed by atoms with Crippen molar-refractivity contribution in [3.63, 3.8) is 0 Å². The van der Waals surface area contributed by atoms with Gasteiger partial charge < -0.3 is 4.90 Å². The lowest BCUT2D eigenvalue weighted by molar-refractivity contribution is 1.30. The molecule has 2 heteroatoms. The predicted molar refractivity (Wildman–Crippen MR) is 225 cm³/mol. The zero-order valence-electron chi connectivity index (χ0n) is 28.4. The van der Waals surface area contributed by atoms with E-state index in [4.69, 9.17) is 0 Å². The third-order valence-corrected chi connectivity index (χ3v) is 11.4. The van der Waals surface area contributed by atoms with Gasteiger partial charge in [0.15, 0.2) is 0 Å². The van der Waals surface area contributed by atoms with Crippen molar-refractivity contribution >= 4 is 70.1 Å². The van der Waals surface area contributed by atoms with Crippen LogP contribution in [0.4, 0.5) is 17.1 Å². The van der Waals surface area contributed by atoms with Gasteiger partial charge in [-0.05, 0) is 116 Å². The Labute approximate surface area is 307 Å². The van der Waals surface area contributed by atoms with Gasteiger partial charge in [0.1, 0.15) is 0 Å². The number of fused-ring (bicyclic) bond motifs is 5. The Morgan fingerprint density at radius 3 is 1.40 bits per heavy atom. The Bertz CT molecular complexity index is 2900. The van der Waals surface area contributed by atoms with Crippen LogP contribution in [0.5, 0.6) is 0 Å². The first-order valence-corrected chi connectivity index (χ1v) is 18.6. The highest BCUT2D eigenvalue weighted by Gasteiger charge is 2.19. The maximum absolute atomic E-state index is 2.42. The predicted octanol–water partition coefficient (Wildman–Crippen LogP) is 14.8. The van der Waals surface area contributed by atoms with E-state index in [0.29, 0.717) is 0 Å². The molecule has 0 N–H and O–H groups in total. The average Bonchev–Trinajstić information content (AvgIpc) is 3.61. The van der Waals surface area contributed by atoms with Crippen LogP contribution in [0.3, 0.4) is 0 Å². The molecule has 0 bridgehead atoms. The van der Waals surface area contributed by atoms with Crippen molar-refractivity contribution in [2.75, 3.05) is 4.90 Å². The summed E-state index contributed by atoms with van der Waals surface area (Å²) in [6.07, 6.45) is 0. The first kappa shape index (κ1) is 30.4. The molecule has 0 aliphatic heterocycles. The molecule has 0 atom stereocenters. The van der Waals surface area contributed by atoms with Crippen molar-refractivity contribution in [2.24, 2.45) is 0 Å². The largest absolute Gasteiger partial charge is 0.310 e. The van der Waals surface area contributed by atoms with Crippen molar-refractivity contribution in [3.8, 4) is 33.4 Å². The molecule has 0 saturated carbocycles. The van der Waals surface area contributed by atoms with Crippen molar-refractivity contribution in [2.45, 2.75) is 0 Å². The van der Waals surface area contributed by atoms with Crippen LogP contribution in [-0.4, -0.2) is 0 Å². The van der Waals surface area contributed by atoms with E-state index in [0.717, 1.165) is 11.4 Å². The lowest BCUT2D eigenvalue weighted by Crippen LogP contribution is -2.10. The van der Waals surface area contributed by atoms with Crippen molar-refractivity contribution in [3.05, 3.63) is 200 Å². The minimum absolute atomic E-state index is 1.12. The third-order valence-electron chi connectivity index (χ3n) is 10.2. The molecule has 0 unspecified atom stereocenters. The highest BCUT2D eigenvalue weighted by Crippen LogP contribution is 2.45. The number of benzene rings is 9. The maximum atomic E-state index is 2.42. The van der Waals surface area contributed by atoms with Gasteiger partial charge in [0.2, 0.25) is 0 Å². The summed E-state index contributed by atoms with van der Waals surface area (Å²) in [5.74, 6) is 0. The summed E-state index contributed by atoms with van der Waals surface area (Å²) in [6, 6.07) is 73.0. The highest BCUT2D eigenvalue weighted by atomic mass is 32.1. The monoisotopic (exact) mass is 679 g/mol. The molecule has 0 fully saturated rings. The summed E-state index contributed by atoms with van der Waals surface area (Å²) in [5.41, 5.74) is 10.7. The zero-order valence-corrected chi connectivity index (χ0v) is 29.2. The number of hydrogen-bond acceptors (Lipinski definition) is 2. The summed E-state index contributed by atoms with van der Waals surface area (Å²) < 4.78 is 2.59. The molecule has 0 radical (unpaired) electrons. The van der Waals surface area contributed by atoms with Gasteiger partial charge in [-0.15, -0.1) is 11.3 Å². The molecule has 1 nitrogen and oxygen atoms in total. The van der Waals surface area contributed by atoms with Crippen molar-refractivity contribution in [1.82, 2.24) is 0 Å². The highest BCUT2D eigenvalue weighted by molar-refractivity contribution is 7.26. The summed E-state index contributed by atoms with van der Waals surface area (Å²) in [4.78, 5) is 2.42. The van der Waals surface area contributed by atoms with E-state index < -0.39 is 0 Å². The second kappa shape index (κ2) is 12.7. The van der Waals surface area contributed by atoms with Gasteiger partial charge in [-0.3, -0.25) is 0 Å². The number of hydrogen-bond donors (Lipinski definition) is 0. The van der Waals surface area contributed by atoms with Crippen LogP contribution in [0.15, 0.2) is 200 Å². The molecule has 0 spiro atoms. The van der Waals surface area contributed by atoms with E-state index in [-0.39, 0.29) is 0 Å². The molecular weight excluding hydrogens is 647 g/mol. The minimum atomic E-state index is 1.12. The second-order valence-electron chi connectivity index (χ2n) is 13.4. The Kier molecular flexibility index (Phi) is 7.41. The van der Waals surface area contributed by atoms with Gasteiger partial charge in [-0.25, -0.2) is 0 Å². The normalized spacial score (nSPS) is 11.5. The second-order valence-corrected chi connectivity index (χ2v) is 14.5. The molecule has 52 heavy (non-hydrogen) atoms. The lowest BCUT2D eigenvalue weighted by Gasteiger charge is -2.27. The number of thiophene rings is 1. The Morgan fingerprint density at radius 2 is 0.769 bits per heavy atom. The summed E-state index contributed by atoms with van der Waals surface area (Å²) in [6.45, 7) is 0. The van der Waals surface area contributed by atoms with Crippen molar-refractivity contribution in [1.29, 1.82) is 0 Å². The van der Waals surface area contributed by atoms with Crippen LogP contribution in [-0.2, 0) is 0 Å². The van der Waals surface area contributed by atoms with Crippen molar-refractivity contribution < 1.29 is 0 Å². The van der Waals surface area contributed by atoms with Crippen LogP contribution in [0.2, 0.25) is 0 Å². The topological polar surface area (TPSA) is 3.24 Å². The molecule has 244 valence electrons. The fourth-order valence-electron chi connectivity index (χ4n) is 7.59. The Balaban J connectivity index is 1.06. The standard InChI is InChI=1S/C50H33NS/c1-3-11-38-32-42(21-19-34(38)9-1)37-25-29-45(30-26-37)51(47-16-8-18-49-50(47)46-15-5-6-17-48(46)52-49)44-27-23-36(24-28-44)40-13-7-14-41(31-40)43-22-20-35-10-2-4-12-39(35)33-43/h1-33H. The Morgan fingerprint density at radius 1 is 0.308 bits per heavy atom. The van der Waals surface area contributed by atoms with Gasteiger partial charge in [-0.1, -0.05) is 140 Å². The van der Waals surface area contributed by atoms with Crippen LogP contribution in [0.1, 0.15) is 0 Å². The fraction of sp³-hybridized carbons (Fsp3) is 0. The van der Waals surface area contributed by atoms with Gasteiger partial charge in [0.25, 0.3) is 0 Å². The molecule has 0 aliphatic rings. The van der Waals surface area contributed by atoms with E-state index in [1.807, 2.05) is 11.3 Å². The first-order valence-electron chi connectivity index (χ1n) is 17.7. The fourth-order valence-corrected chi connectivity index (χ4v) is 8.72. The Hall–Kier alpha value is -6.48. The molecule has 1 aromatic heterocycles. The molecule has 1 heterocycles. The zero-order chi connectivity index (χ0) is 34.4. The van der Waals surface area contributed by atoms with E-state index in [1.165, 1.54) is 80.8 Å². The number of rotatable bonds is 6. The van der Waals surface area contributed by atoms with E-state index >= 15 is 0 Å². The molecule has 10 aromatic rings. The molecule has 0 aliphatic carbocycles. The SMILES string of the molecule is c1cc(-c2ccc(N(c3ccc(-c4ccc5ccccc5c4)cc3)c3cccc4sc5ccccc5c34)cc2)cc(-c2ccc3ccccc3c2)c1. The number of anilines is 3. The van der Waals surface area contributed by atoms with Crippen LogP contribution < -0.4 is 4.90 Å². The van der Waals surface area contributed by atoms with Gasteiger partial charge >= 0.3 is 0 Å². The average molecular weight is 680 g/mol. The van der Waals surface area contributed by atoms with Crippen LogP contribution in [0, 0.1) is 0 Å². The molecular formula is C50H33NS. The molecule has 0 saturated heterocycles. The first-order chi connectivity index (χ1) is 25.7. The van der Waals surface area contributed by atoms with Gasteiger partial charge in [0.05, 0.1) is 5.69 Å². The summed E-state index contributed by atoms with van der Waals surface area (Å²) >= 11 is 1.86. The van der Waals surface area contributed by atoms with E-state index in [1.54, 1.807) is 0 Å². The van der Waals surface area contributed by atoms with Gasteiger partial charge in [0, 0.05) is 31.5 Å². The molecule has 10 rings (SSSR count). The van der Waals surface area contributed by atoms with E-state index in [9.17, 15) is 0 Å². The summed E-state index contributed by atoms with van der Waals surface area (Å²) in [7, 11) is 0. The van der Waals surface area contributed by atoms with Gasteiger partial charge in [-0.2, -0.15) is 0 Å². The molecule has 0 amide bonds. The lowest BCUT2D eigenvalue weighted by atomic mass is 9.97.